The van der Waals surface area contributed by atoms with Crippen molar-refractivity contribution >= 4 is 11.6 Å². The Morgan fingerprint density at radius 2 is 2.16 bits per heavy atom. The number of morpholine rings is 1. The molecule has 1 aliphatic rings. The second-order valence-electron chi connectivity index (χ2n) is 4.67. The molecule has 1 aromatic rings. The zero-order valence-corrected chi connectivity index (χ0v) is 11.6. The van der Waals surface area contributed by atoms with Crippen molar-refractivity contribution in [1.82, 2.24) is 14.9 Å². The molecular weight excluding hydrogens is 242 g/mol. The van der Waals surface area contributed by atoms with E-state index in [0.717, 1.165) is 63.6 Å². The third-order valence-corrected chi connectivity index (χ3v) is 3.38. The maximum absolute atomic E-state index is 5.84. The van der Waals surface area contributed by atoms with Crippen LogP contribution in [-0.2, 0) is 11.2 Å². The summed E-state index contributed by atoms with van der Waals surface area (Å²) in [7, 11) is 0. The fourth-order valence-corrected chi connectivity index (χ4v) is 2.26. The molecule has 0 atom stereocenters. The largest absolute Gasteiger partial charge is 0.383 e. The molecule has 0 unspecified atom stereocenters. The van der Waals surface area contributed by atoms with E-state index < -0.39 is 0 Å². The number of hydrogen-bond donors (Lipinski definition) is 2. The number of hydrogen-bond acceptors (Lipinski definition) is 6. The van der Waals surface area contributed by atoms with E-state index in [4.69, 9.17) is 10.5 Å². The van der Waals surface area contributed by atoms with Crippen LogP contribution in [0.3, 0.4) is 0 Å². The molecule has 3 N–H and O–H groups in total. The van der Waals surface area contributed by atoms with E-state index in [1.54, 1.807) is 0 Å². The van der Waals surface area contributed by atoms with Gasteiger partial charge in [0.05, 0.1) is 13.2 Å². The highest BCUT2D eigenvalue weighted by atomic mass is 16.5. The van der Waals surface area contributed by atoms with Crippen LogP contribution in [0.5, 0.6) is 0 Å². The number of nitrogen functional groups attached to an aromatic ring is 1. The summed E-state index contributed by atoms with van der Waals surface area (Å²) in [6.45, 7) is 7.86. The van der Waals surface area contributed by atoms with E-state index >= 15 is 0 Å². The van der Waals surface area contributed by atoms with Crippen molar-refractivity contribution in [2.75, 3.05) is 50.4 Å². The Morgan fingerprint density at radius 3 is 2.89 bits per heavy atom. The molecule has 1 saturated heterocycles. The van der Waals surface area contributed by atoms with Crippen LogP contribution in [0.4, 0.5) is 11.6 Å². The highest BCUT2D eigenvalue weighted by molar-refractivity contribution is 5.54. The molecule has 0 aromatic carbocycles. The Balaban J connectivity index is 1.74. The zero-order valence-electron chi connectivity index (χ0n) is 11.6. The molecule has 6 nitrogen and oxygen atoms in total. The maximum Gasteiger partial charge on any atom is 0.134 e. The van der Waals surface area contributed by atoms with Gasteiger partial charge in [0.25, 0.3) is 0 Å². The molecule has 1 aliphatic heterocycles. The van der Waals surface area contributed by atoms with Crippen LogP contribution in [-0.4, -0.2) is 54.3 Å². The summed E-state index contributed by atoms with van der Waals surface area (Å²) in [6.07, 6.45) is 3.45. The van der Waals surface area contributed by atoms with Gasteiger partial charge in [0.1, 0.15) is 18.0 Å². The Bertz CT molecular complexity index is 393. The molecule has 2 rings (SSSR count). The van der Waals surface area contributed by atoms with Gasteiger partial charge in [-0.1, -0.05) is 6.92 Å². The minimum Gasteiger partial charge on any atom is -0.383 e. The molecule has 0 spiro atoms. The first-order chi connectivity index (χ1) is 9.31. The van der Waals surface area contributed by atoms with Gasteiger partial charge < -0.3 is 15.8 Å². The highest BCUT2D eigenvalue weighted by Gasteiger charge is 2.10. The highest BCUT2D eigenvalue weighted by Crippen LogP contribution is 2.17. The van der Waals surface area contributed by atoms with Gasteiger partial charge in [-0.15, -0.1) is 0 Å². The van der Waals surface area contributed by atoms with Crippen molar-refractivity contribution in [3.05, 3.63) is 11.9 Å². The third-order valence-electron chi connectivity index (χ3n) is 3.38. The number of nitrogens with one attached hydrogen (secondary N) is 1. The summed E-state index contributed by atoms with van der Waals surface area (Å²) >= 11 is 0. The lowest BCUT2D eigenvalue weighted by atomic mass is 10.2. The molecule has 2 heterocycles. The minimum atomic E-state index is 0.577. The van der Waals surface area contributed by atoms with Gasteiger partial charge in [0.15, 0.2) is 0 Å². The number of nitrogens with zero attached hydrogens (tertiary/aromatic N) is 3. The van der Waals surface area contributed by atoms with E-state index in [1.807, 2.05) is 0 Å². The van der Waals surface area contributed by atoms with Gasteiger partial charge in [-0.25, -0.2) is 9.97 Å². The Labute approximate surface area is 114 Å². The molecule has 1 fully saturated rings. The number of nitrogens with two attached hydrogens (primary N) is 1. The van der Waals surface area contributed by atoms with Crippen molar-refractivity contribution in [3.8, 4) is 0 Å². The van der Waals surface area contributed by atoms with Gasteiger partial charge >= 0.3 is 0 Å². The lowest BCUT2D eigenvalue weighted by Gasteiger charge is -2.26. The van der Waals surface area contributed by atoms with Gasteiger partial charge in [-0.2, -0.15) is 0 Å². The summed E-state index contributed by atoms with van der Waals surface area (Å²) in [5, 5.41) is 3.36. The molecule has 19 heavy (non-hydrogen) atoms. The average Bonchev–Trinajstić information content (AvgIpc) is 2.45. The number of ether oxygens (including phenoxy) is 1. The van der Waals surface area contributed by atoms with Crippen LogP contribution < -0.4 is 11.1 Å². The summed E-state index contributed by atoms with van der Waals surface area (Å²) < 4.78 is 5.33. The molecule has 0 aliphatic carbocycles. The summed E-state index contributed by atoms with van der Waals surface area (Å²) in [5.74, 6) is 1.45. The zero-order chi connectivity index (χ0) is 13.5. The van der Waals surface area contributed by atoms with E-state index in [9.17, 15) is 0 Å². The van der Waals surface area contributed by atoms with Crippen LogP contribution in [0.2, 0.25) is 0 Å². The quantitative estimate of drug-likeness (QED) is 0.739. The van der Waals surface area contributed by atoms with Gasteiger partial charge in [-0.05, 0) is 19.4 Å². The molecule has 1 aromatic heterocycles. The fourth-order valence-electron chi connectivity index (χ4n) is 2.26. The Kier molecular flexibility index (Phi) is 5.35. The first-order valence-corrected chi connectivity index (χ1v) is 6.94. The summed E-state index contributed by atoms with van der Waals surface area (Å²) in [6, 6.07) is 0. The second kappa shape index (κ2) is 7.25. The van der Waals surface area contributed by atoms with Crippen molar-refractivity contribution < 1.29 is 4.74 Å². The van der Waals surface area contributed by atoms with E-state index in [1.165, 1.54) is 6.33 Å². The molecule has 0 bridgehead atoms. The molecular formula is C13H23N5O. The predicted molar refractivity (Wildman–Crippen MR) is 76.2 cm³/mol. The number of aromatic nitrogens is 2. The van der Waals surface area contributed by atoms with Crippen molar-refractivity contribution in [1.29, 1.82) is 0 Å². The standard InChI is InChI=1S/C13H23N5O/c1-2-11-12(14)16-10-17-13(11)15-4-3-5-18-6-8-19-9-7-18/h10H,2-9H2,1H3,(H3,14,15,16,17). The summed E-state index contributed by atoms with van der Waals surface area (Å²) in [5.41, 5.74) is 6.85. The third kappa shape index (κ3) is 4.04. The number of rotatable bonds is 6. The van der Waals surface area contributed by atoms with Crippen molar-refractivity contribution in [2.45, 2.75) is 19.8 Å². The Hall–Kier alpha value is -1.40. The number of anilines is 2. The molecule has 0 saturated carbocycles. The maximum atomic E-state index is 5.84. The first kappa shape index (κ1) is 14.0. The van der Waals surface area contributed by atoms with Gasteiger partial charge in [0, 0.05) is 25.2 Å². The van der Waals surface area contributed by atoms with Crippen molar-refractivity contribution in [2.24, 2.45) is 0 Å². The molecule has 106 valence electrons. The van der Waals surface area contributed by atoms with Gasteiger partial charge in [-0.3, -0.25) is 4.90 Å². The SMILES string of the molecule is CCc1c(N)ncnc1NCCCN1CCOCC1. The van der Waals surface area contributed by atoms with Crippen LogP contribution in [0.1, 0.15) is 18.9 Å². The Morgan fingerprint density at radius 1 is 1.37 bits per heavy atom. The second-order valence-corrected chi connectivity index (χ2v) is 4.67. The molecule has 0 amide bonds. The first-order valence-electron chi connectivity index (χ1n) is 6.94. The van der Waals surface area contributed by atoms with E-state index in [2.05, 4.69) is 27.1 Å². The fraction of sp³-hybridized carbons (Fsp3) is 0.692. The topological polar surface area (TPSA) is 76.3 Å². The predicted octanol–water partition coefficient (Wildman–Crippen LogP) is 0.755. The van der Waals surface area contributed by atoms with Crippen LogP contribution in [0, 0.1) is 0 Å². The van der Waals surface area contributed by atoms with Crippen LogP contribution >= 0.6 is 0 Å². The molecule has 0 radical (unpaired) electrons. The average molecular weight is 265 g/mol. The van der Waals surface area contributed by atoms with E-state index in [0.29, 0.717) is 5.82 Å². The normalized spacial score (nSPS) is 16.5. The van der Waals surface area contributed by atoms with E-state index in [-0.39, 0.29) is 0 Å². The van der Waals surface area contributed by atoms with Crippen LogP contribution in [0.15, 0.2) is 6.33 Å². The van der Waals surface area contributed by atoms with Crippen LogP contribution in [0.25, 0.3) is 0 Å². The van der Waals surface area contributed by atoms with Gasteiger partial charge in [0.2, 0.25) is 0 Å². The lowest BCUT2D eigenvalue weighted by molar-refractivity contribution is 0.0378. The monoisotopic (exact) mass is 265 g/mol. The molecule has 6 heteroatoms. The summed E-state index contributed by atoms with van der Waals surface area (Å²) in [4.78, 5) is 10.7. The minimum absolute atomic E-state index is 0.577. The lowest BCUT2D eigenvalue weighted by Crippen LogP contribution is -2.37. The van der Waals surface area contributed by atoms with Crippen molar-refractivity contribution in [3.63, 3.8) is 0 Å². The smallest absolute Gasteiger partial charge is 0.134 e.